The quantitative estimate of drug-likeness (QED) is 0.515. The van der Waals surface area contributed by atoms with E-state index in [2.05, 4.69) is 26.8 Å². The number of fused-ring (bicyclic) bond motifs is 3. The SMILES string of the molecule is COC(=O)[C@]1(C)CCCC2C3=CCCC(C)(C)C3CCC21. The van der Waals surface area contributed by atoms with Crippen molar-refractivity contribution in [2.24, 2.45) is 28.6 Å². The lowest BCUT2D eigenvalue weighted by Crippen LogP contribution is -2.49. The molecular formula is C19H30O2. The number of esters is 1. The fraction of sp³-hybridized carbons (Fsp3) is 0.842. The molecule has 3 aliphatic carbocycles. The Hall–Kier alpha value is -0.790. The molecule has 0 saturated heterocycles. The van der Waals surface area contributed by atoms with Crippen LogP contribution in [0, 0.1) is 28.6 Å². The van der Waals surface area contributed by atoms with Gasteiger partial charge in [0.25, 0.3) is 0 Å². The van der Waals surface area contributed by atoms with Gasteiger partial charge in [0.15, 0.2) is 0 Å². The Morgan fingerprint density at radius 1 is 1.19 bits per heavy atom. The van der Waals surface area contributed by atoms with Crippen LogP contribution in [0.25, 0.3) is 0 Å². The second-order valence-electron chi connectivity index (χ2n) is 8.38. The van der Waals surface area contributed by atoms with E-state index in [1.807, 2.05) is 0 Å². The first-order valence-corrected chi connectivity index (χ1v) is 8.68. The number of hydrogen-bond acceptors (Lipinski definition) is 2. The summed E-state index contributed by atoms with van der Waals surface area (Å²) in [5, 5.41) is 0. The van der Waals surface area contributed by atoms with E-state index < -0.39 is 0 Å². The summed E-state index contributed by atoms with van der Waals surface area (Å²) in [6.45, 7) is 7.03. The highest BCUT2D eigenvalue weighted by Crippen LogP contribution is 2.59. The van der Waals surface area contributed by atoms with Crippen LogP contribution >= 0.6 is 0 Å². The molecule has 0 aromatic heterocycles. The van der Waals surface area contributed by atoms with Gasteiger partial charge in [0, 0.05) is 0 Å². The van der Waals surface area contributed by atoms with E-state index in [9.17, 15) is 4.79 Å². The van der Waals surface area contributed by atoms with Gasteiger partial charge in [-0.1, -0.05) is 31.9 Å². The number of carbonyl (C=O) groups excluding carboxylic acids is 1. The van der Waals surface area contributed by atoms with Crippen LogP contribution in [0.2, 0.25) is 0 Å². The summed E-state index contributed by atoms with van der Waals surface area (Å²) in [6, 6.07) is 0. The summed E-state index contributed by atoms with van der Waals surface area (Å²) < 4.78 is 5.16. The molecule has 21 heavy (non-hydrogen) atoms. The van der Waals surface area contributed by atoms with Gasteiger partial charge in [-0.3, -0.25) is 4.79 Å². The minimum Gasteiger partial charge on any atom is -0.469 e. The van der Waals surface area contributed by atoms with Gasteiger partial charge in [0.05, 0.1) is 12.5 Å². The maximum Gasteiger partial charge on any atom is 0.311 e. The molecule has 0 radical (unpaired) electrons. The van der Waals surface area contributed by atoms with Crippen molar-refractivity contribution in [3.05, 3.63) is 11.6 Å². The Morgan fingerprint density at radius 3 is 2.67 bits per heavy atom. The molecule has 2 saturated carbocycles. The van der Waals surface area contributed by atoms with Crippen molar-refractivity contribution in [2.75, 3.05) is 7.11 Å². The molecule has 2 fully saturated rings. The van der Waals surface area contributed by atoms with Gasteiger partial charge in [-0.15, -0.1) is 0 Å². The smallest absolute Gasteiger partial charge is 0.311 e. The van der Waals surface area contributed by atoms with Crippen LogP contribution in [0.15, 0.2) is 11.6 Å². The summed E-state index contributed by atoms with van der Waals surface area (Å²) in [6.07, 6.45) is 10.9. The van der Waals surface area contributed by atoms with Crippen LogP contribution in [-0.4, -0.2) is 13.1 Å². The minimum absolute atomic E-state index is 0.0197. The largest absolute Gasteiger partial charge is 0.469 e. The molecule has 0 heterocycles. The molecule has 4 atom stereocenters. The van der Waals surface area contributed by atoms with Gasteiger partial charge >= 0.3 is 5.97 Å². The van der Waals surface area contributed by atoms with Crippen molar-refractivity contribution in [3.8, 4) is 0 Å². The predicted octanol–water partition coefficient (Wildman–Crippen LogP) is 4.74. The van der Waals surface area contributed by atoms with E-state index in [1.165, 1.54) is 32.1 Å². The zero-order chi connectivity index (χ0) is 15.3. The Kier molecular flexibility index (Phi) is 3.70. The topological polar surface area (TPSA) is 26.3 Å². The molecule has 0 aromatic carbocycles. The van der Waals surface area contributed by atoms with E-state index in [-0.39, 0.29) is 11.4 Å². The molecule has 0 N–H and O–H groups in total. The number of ether oxygens (including phenoxy) is 1. The van der Waals surface area contributed by atoms with Crippen molar-refractivity contribution in [1.29, 1.82) is 0 Å². The molecule has 0 spiro atoms. The molecule has 0 aromatic rings. The molecule has 0 bridgehead atoms. The van der Waals surface area contributed by atoms with Crippen LogP contribution in [0.1, 0.15) is 65.7 Å². The first kappa shape index (κ1) is 15.1. The summed E-state index contributed by atoms with van der Waals surface area (Å²) in [7, 11) is 1.55. The standard InChI is InChI=1S/C19H30O2/c1-18(2)11-5-7-13-14-8-6-12-19(3,17(20)21-4)16(14)10-9-15(13)18/h7,14-16H,5-6,8-12H2,1-4H3/t14?,15?,16?,19-/m1/s1. The average molecular weight is 290 g/mol. The maximum atomic E-state index is 12.4. The summed E-state index contributed by atoms with van der Waals surface area (Å²) in [4.78, 5) is 12.4. The Morgan fingerprint density at radius 2 is 1.95 bits per heavy atom. The third-order valence-electron chi connectivity index (χ3n) is 6.88. The second kappa shape index (κ2) is 5.14. The first-order chi connectivity index (χ1) is 9.90. The molecule has 2 heteroatoms. The fourth-order valence-electron chi connectivity index (χ4n) is 5.62. The van der Waals surface area contributed by atoms with Gasteiger partial charge in [-0.05, 0) is 68.6 Å². The highest BCUT2D eigenvalue weighted by atomic mass is 16.5. The first-order valence-electron chi connectivity index (χ1n) is 8.68. The maximum absolute atomic E-state index is 12.4. The van der Waals surface area contributed by atoms with Gasteiger partial charge in [0.2, 0.25) is 0 Å². The Balaban J connectivity index is 1.93. The highest BCUT2D eigenvalue weighted by molar-refractivity contribution is 5.77. The van der Waals surface area contributed by atoms with Gasteiger partial charge in [-0.2, -0.15) is 0 Å². The van der Waals surface area contributed by atoms with E-state index in [0.717, 1.165) is 18.8 Å². The minimum atomic E-state index is -0.259. The number of hydrogen-bond donors (Lipinski definition) is 0. The van der Waals surface area contributed by atoms with Crippen molar-refractivity contribution in [3.63, 3.8) is 0 Å². The van der Waals surface area contributed by atoms with Crippen molar-refractivity contribution < 1.29 is 9.53 Å². The monoisotopic (exact) mass is 290 g/mol. The highest BCUT2D eigenvalue weighted by Gasteiger charge is 2.53. The zero-order valence-corrected chi connectivity index (χ0v) is 14.1. The van der Waals surface area contributed by atoms with Gasteiger partial charge in [0.1, 0.15) is 0 Å². The van der Waals surface area contributed by atoms with Gasteiger partial charge < -0.3 is 4.74 Å². The number of methoxy groups -OCH3 is 1. The van der Waals surface area contributed by atoms with Crippen LogP contribution in [-0.2, 0) is 9.53 Å². The third kappa shape index (κ3) is 2.26. The lowest BCUT2D eigenvalue weighted by molar-refractivity contribution is -0.160. The molecule has 3 rings (SSSR count). The molecule has 2 nitrogen and oxygen atoms in total. The lowest BCUT2D eigenvalue weighted by Gasteiger charge is -2.54. The average Bonchev–Trinajstić information content (AvgIpc) is 2.46. The van der Waals surface area contributed by atoms with E-state index in [4.69, 9.17) is 4.74 Å². The van der Waals surface area contributed by atoms with E-state index >= 15 is 0 Å². The van der Waals surface area contributed by atoms with Crippen LogP contribution in [0.4, 0.5) is 0 Å². The molecule has 0 amide bonds. The lowest BCUT2D eigenvalue weighted by atomic mass is 9.50. The second-order valence-corrected chi connectivity index (χ2v) is 8.38. The number of carbonyl (C=O) groups is 1. The van der Waals surface area contributed by atoms with Crippen LogP contribution < -0.4 is 0 Å². The number of rotatable bonds is 1. The predicted molar refractivity (Wildman–Crippen MR) is 84.8 cm³/mol. The molecule has 0 aliphatic heterocycles. The van der Waals surface area contributed by atoms with Crippen molar-refractivity contribution in [2.45, 2.75) is 65.7 Å². The summed E-state index contributed by atoms with van der Waals surface area (Å²) in [5.41, 5.74) is 1.87. The number of allylic oxidation sites excluding steroid dienone is 2. The van der Waals surface area contributed by atoms with Gasteiger partial charge in [-0.25, -0.2) is 0 Å². The molecular weight excluding hydrogens is 260 g/mol. The molecule has 118 valence electrons. The third-order valence-corrected chi connectivity index (χ3v) is 6.88. The van der Waals surface area contributed by atoms with E-state index in [0.29, 0.717) is 17.3 Å². The fourth-order valence-corrected chi connectivity index (χ4v) is 5.62. The Labute approximate surface area is 129 Å². The summed E-state index contributed by atoms with van der Waals surface area (Å²) >= 11 is 0. The van der Waals surface area contributed by atoms with Crippen molar-refractivity contribution in [1.82, 2.24) is 0 Å². The van der Waals surface area contributed by atoms with Crippen molar-refractivity contribution >= 4 is 5.97 Å². The van der Waals surface area contributed by atoms with E-state index in [1.54, 1.807) is 12.7 Å². The van der Waals surface area contributed by atoms with Crippen LogP contribution in [0.5, 0.6) is 0 Å². The zero-order valence-electron chi connectivity index (χ0n) is 14.1. The normalized spacial score (nSPS) is 41.5. The molecule has 3 unspecified atom stereocenters. The Bertz CT molecular complexity index is 462. The molecule has 3 aliphatic rings. The summed E-state index contributed by atoms with van der Waals surface area (Å²) in [5.74, 6) is 1.88. The van der Waals surface area contributed by atoms with Crippen LogP contribution in [0.3, 0.4) is 0 Å².